The Labute approximate surface area is 111 Å². The Bertz CT molecular complexity index is 557. The summed E-state index contributed by atoms with van der Waals surface area (Å²) < 4.78 is 22.0. The van der Waals surface area contributed by atoms with Crippen LogP contribution in [0.2, 0.25) is 5.02 Å². The van der Waals surface area contributed by atoms with E-state index >= 15 is 0 Å². The lowest BCUT2D eigenvalue weighted by atomic mass is 10.2. The van der Waals surface area contributed by atoms with Gasteiger partial charge in [0, 0.05) is 25.4 Å². The summed E-state index contributed by atoms with van der Waals surface area (Å²) in [6, 6.07) is 4.57. The van der Waals surface area contributed by atoms with E-state index in [1.807, 2.05) is 0 Å². The molecule has 0 aliphatic heterocycles. The van der Waals surface area contributed by atoms with Crippen molar-refractivity contribution in [3.63, 3.8) is 0 Å². The van der Waals surface area contributed by atoms with Crippen LogP contribution < -0.4 is 5.73 Å². The van der Waals surface area contributed by atoms with Gasteiger partial charge in [0.25, 0.3) is 5.91 Å². The zero-order chi connectivity index (χ0) is 13.9. The first kappa shape index (κ1) is 14.8. The monoisotopic (exact) mass is 290 g/mol. The fourth-order valence-electron chi connectivity index (χ4n) is 1.28. The first-order valence-corrected chi connectivity index (χ1v) is 7.63. The molecule has 1 rings (SSSR count). The van der Waals surface area contributed by atoms with E-state index in [0.717, 1.165) is 6.26 Å². The highest BCUT2D eigenvalue weighted by Crippen LogP contribution is 2.20. The van der Waals surface area contributed by atoms with E-state index in [-0.39, 0.29) is 18.2 Å². The van der Waals surface area contributed by atoms with Crippen molar-refractivity contribution < 1.29 is 13.2 Å². The molecule has 1 aromatic rings. The third-order valence-electron chi connectivity index (χ3n) is 2.39. The largest absolute Gasteiger partial charge is 0.398 e. The summed E-state index contributed by atoms with van der Waals surface area (Å²) in [4.78, 5) is 13.3. The van der Waals surface area contributed by atoms with E-state index in [9.17, 15) is 13.2 Å². The molecule has 1 amide bonds. The van der Waals surface area contributed by atoms with Gasteiger partial charge in [-0.2, -0.15) is 0 Å². The molecule has 0 saturated heterocycles. The van der Waals surface area contributed by atoms with Gasteiger partial charge in [0.1, 0.15) is 9.84 Å². The number of hydrogen-bond donors (Lipinski definition) is 1. The Hall–Kier alpha value is -1.27. The molecule has 0 aromatic heterocycles. The molecule has 7 heteroatoms. The molecule has 18 heavy (non-hydrogen) atoms. The zero-order valence-electron chi connectivity index (χ0n) is 10.2. The first-order chi connectivity index (χ1) is 8.20. The average molecular weight is 291 g/mol. The van der Waals surface area contributed by atoms with Crippen LogP contribution in [-0.2, 0) is 9.84 Å². The highest BCUT2D eigenvalue weighted by atomic mass is 35.5. The van der Waals surface area contributed by atoms with Gasteiger partial charge in [-0.25, -0.2) is 8.42 Å². The van der Waals surface area contributed by atoms with Crippen molar-refractivity contribution in [3.05, 3.63) is 28.8 Å². The molecule has 0 bridgehead atoms. The first-order valence-electron chi connectivity index (χ1n) is 5.19. The van der Waals surface area contributed by atoms with Gasteiger partial charge in [-0.15, -0.1) is 0 Å². The molecule has 0 unspecified atom stereocenters. The van der Waals surface area contributed by atoms with Crippen LogP contribution in [0.1, 0.15) is 10.4 Å². The Kier molecular flexibility index (Phi) is 4.59. The number of nitrogens with zero attached hydrogens (tertiary/aromatic N) is 1. The smallest absolute Gasteiger partial charge is 0.253 e. The van der Waals surface area contributed by atoms with Crippen LogP contribution in [0.4, 0.5) is 5.69 Å². The molecule has 5 nitrogen and oxygen atoms in total. The summed E-state index contributed by atoms with van der Waals surface area (Å²) in [5.74, 6) is -0.363. The van der Waals surface area contributed by atoms with E-state index in [0.29, 0.717) is 16.3 Å². The minimum Gasteiger partial charge on any atom is -0.398 e. The summed E-state index contributed by atoms with van der Waals surface area (Å²) in [7, 11) is -1.55. The van der Waals surface area contributed by atoms with Gasteiger partial charge in [0.15, 0.2) is 0 Å². The maximum Gasteiger partial charge on any atom is 0.253 e. The molecule has 100 valence electrons. The van der Waals surface area contributed by atoms with E-state index in [2.05, 4.69) is 0 Å². The van der Waals surface area contributed by atoms with Gasteiger partial charge < -0.3 is 10.6 Å². The third-order valence-corrected chi connectivity index (χ3v) is 3.64. The van der Waals surface area contributed by atoms with Gasteiger partial charge in [0.05, 0.1) is 16.5 Å². The minimum absolute atomic E-state index is 0.0715. The van der Waals surface area contributed by atoms with Gasteiger partial charge >= 0.3 is 0 Å². The van der Waals surface area contributed by atoms with Crippen LogP contribution in [0.15, 0.2) is 18.2 Å². The molecule has 0 heterocycles. The summed E-state index contributed by atoms with van der Waals surface area (Å²) in [5.41, 5.74) is 6.32. The lowest BCUT2D eigenvalue weighted by molar-refractivity contribution is 0.0803. The predicted molar refractivity (Wildman–Crippen MR) is 72.5 cm³/mol. The topological polar surface area (TPSA) is 80.5 Å². The molecule has 0 saturated carbocycles. The molecular weight excluding hydrogens is 276 g/mol. The second kappa shape index (κ2) is 5.58. The van der Waals surface area contributed by atoms with Crippen LogP contribution in [0.3, 0.4) is 0 Å². The van der Waals surface area contributed by atoms with Crippen molar-refractivity contribution in [2.75, 3.05) is 31.3 Å². The van der Waals surface area contributed by atoms with Crippen LogP contribution in [-0.4, -0.2) is 44.8 Å². The van der Waals surface area contributed by atoms with Gasteiger partial charge in [-0.1, -0.05) is 11.6 Å². The molecule has 0 atom stereocenters. The van der Waals surface area contributed by atoms with Crippen molar-refractivity contribution in [1.82, 2.24) is 4.90 Å². The van der Waals surface area contributed by atoms with Crippen molar-refractivity contribution >= 4 is 33.0 Å². The fraction of sp³-hybridized carbons (Fsp3) is 0.364. The fourth-order valence-corrected chi connectivity index (χ4v) is 2.07. The number of sulfone groups is 1. The highest BCUT2D eigenvalue weighted by molar-refractivity contribution is 7.90. The van der Waals surface area contributed by atoms with Crippen LogP contribution in [0, 0.1) is 0 Å². The number of carbonyl (C=O) groups excluding carboxylic acids is 1. The second-order valence-electron chi connectivity index (χ2n) is 4.09. The standard InChI is InChI=1S/C11H15ClN2O3S/c1-14(5-6-18(2,16)17)11(15)8-3-4-10(13)9(12)7-8/h3-4,7H,5-6,13H2,1-2H3. The number of halogens is 1. The SMILES string of the molecule is CN(CCS(C)(=O)=O)C(=O)c1ccc(N)c(Cl)c1. The maximum absolute atomic E-state index is 12.0. The molecular formula is C11H15ClN2O3S. The lowest BCUT2D eigenvalue weighted by Crippen LogP contribution is -2.31. The predicted octanol–water partition coefficient (Wildman–Crippen LogP) is 1.04. The number of nitrogens with two attached hydrogens (primary N) is 1. The third kappa shape index (κ3) is 4.19. The van der Waals surface area contributed by atoms with Crippen molar-refractivity contribution in [3.8, 4) is 0 Å². The molecule has 0 spiro atoms. The number of rotatable bonds is 4. The summed E-state index contributed by atoms with van der Waals surface area (Å²) in [6.45, 7) is 0.139. The van der Waals surface area contributed by atoms with Crippen molar-refractivity contribution in [2.24, 2.45) is 0 Å². The van der Waals surface area contributed by atoms with E-state index in [1.54, 1.807) is 12.1 Å². The molecule has 2 N–H and O–H groups in total. The van der Waals surface area contributed by atoms with Gasteiger partial charge in [-0.05, 0) is 18.2 Å². The molecule has 0 aliphatic carbocycles. The van der Waals surface area contributed by atoms with Crippen molar-refractivity contribution in [2.45, 2.75) is 0 Å². The number of benzene rings is 1. The summed E-state index contributed by atoms with van der Waals surface area (Å²) in [5, 5.41) is 0.303. The Morgan fingerprint density at radius 2 is 2.06 bits per heavy atom. The maximum atomic E-state index is 12.0. The minimum atomic E-state index is -3.09. The van der Waals surface area contributed by atoms with E-state index in [1.165, 1.54) is 18.0 Å². The van der Waals surface area contributed by atoms with Crippen LogP contribution in [0.5, 0.6) is 0 Å². The summed E-state index contributed by atoms with van der Waals surface area (Å²) in [6.07, 6.45) is 1.13. The summed E-state index contributed by atoms with van der Waals surface area (Å²) >= 11 is 5.82. The van der Waals surface area contributed by atoms with Crippen LogP contribution in [0.25, 0.3) is 0 Å². The highest BCUT2D eigenvalue weighted by Gasteiger charge is 2.14. The number of anilines is 1. The number of hydrogen-bond acceptors (Lipinski definition) is 4. The molecule has 0 aliphatic rings. The Morgan fingerprint density at radius 1 is 1.44 bits per heavy atom. The molecule has 0 fully saturated rings. The average Bonchev–Trinajstić information content (AvgIpc) is 2.27. The van der Waals surface area contributed by atoms with Gasteiger partial charge in [-0.3, -0.25) is 4.79 Å². The van der Waals surface area contributed by atoms with Crippen molar-refractivity contribution in [1.29, 1.82) is 0 Å². The normalized spacial score (nSPS) is 11.3. The van der Waals surface area contributed by atoms with E-state index in [4.69, 9.17) is 17.3 Å². The number of nitrogen functional groups attached to an aromatic ring is 1. The number of amides is 1. The zero-order valence-corrected chi connectivity index (χ0v) is 11.8. The Morgan fingerprint density at radius 3 is 2.56 bits per heavy atom. The van der Waals surface area contributed by atoms with E-state index < -0.39 is 9.84 Å². The quantitative estimate of drug-likeness (QED) is 0.840. The van der Waals surface area contributed by atoms with Gasteiger partial charge in [0.2, 0.25) is 0 Å². The lowest BCUT2D eigenvalue weighted by Gasteiger charge is -2.16. The Balaban J connectivity index is 2.77. The number of carbonyl (C=O) groups is 1. The van der Waals surface area contributed by atoms with Crippen LogP contribution >= 0.6 is 11.6 Å². The second-order valence-corrected chi connectivity index (χ2v) is 6.76. The molecule has 0 radical (unpaired) electrons. The molecule has 1 aromatic carbocycles.